The lowest BCUT2D eigenvalue weighted by atomic mass is 9.92. The summed E-state index contributed by atoms with van der Waals surface area (Å²) in [6.07, 6.45) is 7.07. The molecule has 0 amide bonds. The quantitative estimate of drug-likeness (QED) is 0.453. The molecule has 0 N–H and O–H groups in total. The van der Waals surface area contributed by atoms with Crippen molar-refractivity contribution in [2.45, 2.75) is 51.4 Å². The predicted octanol–water partition coefficient (Wildman–Crippen LogP) is 6.02. The van der Waals surface area contributed by atoms with Crippen LogP contribution in [0.1, 0.15) is 56.9 Å². The van der Waals surface area contributed by atoms with Crippen LogP contribution in [0.15, 0.2) is 28.7 Å². The van der Waals surface area contributed by atoms with Gasteiger partial charge in [-0.3, -0.25) is 0 Å². The van der Waals surface area contributed by atoms with Crippen LogP contribution >= 0.6 is 12.2 Å². The van der Waals surface area contributed by atoms with Gasteiger partial charge >= 0.3 is 0 Å². The van der Waals surface area contributed by atoms with E-state index in [9.17, 15) is 0 Å². The fourth-order valence-corrected chi connectivity index (χ4v) is 3.44. The van der Waals surface area contributed by atoms with E-state index in [1.54, 1.807) is 0 Å². The lowest BCUT2D eigenvalue weighted by molar-refractivity contribution is 0.0805. The molecule has 1 aliphatic rings. The summed E-state index contributed by atoms with van der Waals surface area (Å²) in [6, 6.07) is 8.16. The third-order valence-electron chi connectivity index (χ3n) is 4.62. The maximum absolute atomic E-state index is 6.03. The van der Waals surface area contributed by atoms with E-state index in [4.69, 9.17) is 26.1 Å². The number of ether oxygens (including phenoxy) is 2. The minimum absolute atomic E-state index is 0.462. The van der Waals surface area contributed by atoms with E-state index in [1.165, 1.54) is 31.2 Å². The van der Waals surface area contributed by atoms with Gasteiger partial charge in [0.15, 0.2) is 4.71 Å². The van der Waals surface area contributed by atoms with Gasteiger partial charge in [0.1, 0.15) is 11.3 Å². The molecule has 0 bridgehead atoms. The summed E-state index contributed by atoms with van der Waals surface area (Å²) in [5, 5.41) is 1.02. The van der Waals surface area contributed by atoms with Gasteiger partial charge in [0.25, 0.3) is 0 Å². The highest BCUT2D eigenvalue weighted by Gasteiger charge is 2.17. The maximum atomic E-state index is 6.03. The molecule has 2 aromatic rings. The molecule has 2 heterocycles. The highest BCUT2D eigenvalue weighted by Crippen LogP contribution is 2.32. The number of benzene rings is 1. The number of hydrogen-bond acceptors (Lipinski definition) is 4. The fraction of sp³-hybridized carbons (Fsp3) is 0.550. The van der Waals surface area contributed by atoms with Crippen LogP contribution in [0.25, 0.3) is 11.0 Å². The first kappa shape index (κ1) is 17.4. The van der Waals surface area contributed by atoms with Crippen LogP contribution in [0.2, 0.25) is 0 Å². The molecule has 1 atom stereocenters. The molecule has 130 valence electrons. The second-order valence-corrected chi connectivity index (χ2v) is 6.91. The van der Waals surface area contributed by atoms with E-state index in [0.717, 1.165) is 49.4 Å². The van der Waals surface area contributed by atoms with Gasteiger partial charge in [-0.25, -0.2) is 0 Å². The molecular weight excluding hydrogens is 320 g/mol. The molecule has 3 rings (SSSR count). The van der Waals surface area contributed by atoms with E-state index in [1.807, 2.05) is 12.1 Å². The highest BCUT2D eigenvalue weighted by atomic mass is 32.1. The Balaban J connectivity index is 1.81. The minimum atomic E-state index is 0.462. The number of unbranched alkanes of at least 4 members (excludes halogenated alkanes) is 3. The van der Waals surface area contributed by atoms with Crippen molar-refractivity contribution in [2.75, 3.05) is 19.8 Å². The summed E-state index contributed by atoms with van der Waals surface area (Å²) in [4.78, 5) is 0. The van der Waals surface area contributed by atoms with Crippen LogP contribution in [0, 0.1) is 4.71 Å². The van der Waals surface area contributed by atoms with Crippen molar-refractivity contribution in [1.82, 2.24) is 0 Å². The average molecular weight is 346 g/mol. The first-order valence-corrected chi connectivity index (χ1v) is 9.47. The second kappa shape index (κ2) is 8.63. The predicted molar refractivity (Wildman–Crippen MR) is 99.5 cm³/mol. The Kier molecular flexibility index (Phi) is 6.27. The topological polar surface area (TPSA) is 31.6 Å². The zero-order valence-corrected chi connectivity index (χ0v) is 15.2. The Hall–Kier alpha value is -1.39. The van der Waals surface area contributed by atoms with Crippen LogP contribution in [-0.4, -0.2) is 19.8 Å². The summed E-state index contributed by atoms with van der Waals surface area (Å²) in [7, 11) is 0. The molecule has 0 saturated carbocycles. The standard InChI is InChI=1S/C20H26O3S/c1-2-3-4-5-11-22-19-13-20(24)23-18-9-8-15(12-17(18)19)16-7-6-10-21-14-16/h8-9,12-13,16H,2-7,10-11,14H2,1H3. The SMILES string of the molecule is CCCCCCOc1cc(=S)oc2ccc(C3CCCOC3)cc12. The van der Waals surface area contributed by atoms with Crippen LogP contribution in [0.4, 0.5) is 0 Å². The van der Waals surface area contributed by atoms with E-state index in [-0.39, 0.29) is 0 Å². The van der Waals surface area contributed by atoms with Gasteiger partial charge < -0.3 is 13.9 Å². The van der Waals surface area contributed by atoms with E-state index in [0.29, 0.717) is 10.6 Å². The number of fused-ring (bicyclic) bond motifs is 1. The smallest absolute Gasteiger partial charge is 0.194 e. The normalized spacial score (nSPS) is 18.0. The van der Waals surface area contributed by atoms with Gasteiger partial charge in [-0.15, -0.1) is 0 Å². The van der Waals surface area contributed by atoms with E-state index in [2.05, 4.69) is 19.1 Å². The largest absolute Gasteiger partial charge is 0.493 e. The lowest BCUT2D eigenvalue weighted by Gasteiger charge is -2.22. The zero-order valence-electron chi connectivity index (χ0n) is 14.4. The molecule has 3 nitrogen and oxygen atoms in total. The van der Waals surface area contributed by atoms with Crippen molar-refractivity contribution in [3.63, 3.8) is 0 Å². The highest BCUT2D eigenvalue weighted by molar-refractivity contribution is 7.71. The van der Waals surface area contributed by atoms with Crippen LogP contribution in [0.3, 0.4) is 0 Å². The molecule has 0 aliphatic carbocycles. The Morgan fingerprint density at radius 3 is 2.92 bits per heavy atom. The van der Waals surface area contributed by atoms with Gasteiger partial charge in [0.05, 0.1) is 18.6 Å². The molecule has 1 aromatic carbocycles. The molecule has 1 fully saturated rings. The van der Waals surface area contributed by atoms with E-state index < -0.39 is 0 Å². The lowest BCUT2D eigenvalue weighted by Crippen LogP contribution is -2.15. The molecule has 0 radical (unpaired) electrons. The Labute approximate surface area is 149 Å². The van der Waals surface area contributed by atoms with Crippen molar-refractivity contribution in [2.24, 2.45) is 0 Å². The third kappa shape index (κ3) is 4.37. The fourth-order valence-electron chi connectivity index (χ4n) is 3.24. The Morgan fingerprint density at radius 1 is 1.21 bits per heavy atom. The monoisotopic (exact) mass is 346 g/mol. The Bertz CT molecular complexity index is 716. The molecule has 1 saturated heterocycles. The summed E-state index contributed by atoms with van der Waals surface area (Å²) >= 11 is 5.24. The molecule has 4 heteroatoms. The summed E-state index contributed by atoms with van der Waals surface area (Å²) < 4.78 is 17.8. The zero-order chi connectivity index (χ0) is 16.8. The Morgan fingerprint density at radius 2 is 2.12 bits per heavy atom. The first-order chi connectivity index (χ1) is 11.8. The minimum Gasteiger partial charge on any atom is -0.493 e. The molecule has 0 spiro atoms. The van der Waals surface area contributed by atoms with Gasteiger partial charge in [0, 0.05) is 18.6 Å². The molecular formula is C20H26O3S. The van der Waals surface area contributed by atoms with Crippen molar-refractivity contribution in [3.05, 3.63) is 34.5 Å². The number of rotatable bonds is 7. The third-order valence-corrected chi connectivity index (χ3v) is 4.82. The van der Waals surface area contributed by atoms with Gasteiger partial charge in [0.2, 0.25) is 0 Å². The maximum Gasteiger partial charge on any atom is 0.194 e. The van der Waals surface area contributed by atoms with Crippen LogP contribution in [-0.2, 0) is 4.74 Å². The summed E-state index contributed by atoms with van der Waals surface area (Å²) in [6.45, 7) is 4.62. The van der Waals surface area contributed by atoms with Gasteiger partial charge in [-0.05, 0) is 49.2 Å². The molecule has 1 aromatic heterocycles. The first-order valence-electron chi connectivity index (χ1n) is 9.06. The average Bonchev–Trinajstić information content (AvgIpc) is 2.62. The number of hydrogen-bond donors (Lipinski definition) is 0. The van der Waals surface area contributed by atoms with Crippen molar-refractivity contribution in [3.8, 4) is 5.75 Å². The second-order valence-electron chi connectivity index (χ2n) is 6.51. The van der Waals surface area contributed by atoms with Crippen molar-refractivity contribution in [1.29, 1.82) is 0 Å². The van der Waals surface area contributed by atoms with Gasteiger partial charge in [-0.2, -0.15) is 0 Å². The molecule has 24 heavy (non-hydrogen) atoms. The molecule has 1 unspecified atom stereocenters. The van der Waals surface area contributed by atoms with Crippen LogP contribution in [0.5, 0.6) is 5.75 Å². The molecule has 1 aliphatic heterocycles. The van der Waals surface area contributed by atoms with Gasteiger partial charge in [-0.1, -0.05) is 32.3 Å². The van der Waals surface area contributed by atoms with Crippen molar-refractivity contribution >= 4 is 23.2 Å². The van der Waals surface area contributed by atoms with Crippen LogP contribution < -0.4 is 4.74 Å². The van der Waals surface area contributed by atoms with E-state index >= 15 is 0 Å². The summed E-state index contributed by atoms with van der Waals surface area (Å²) in [5.41, 5.74) is 2.09. The van der Waals surface area contributed by atoms with Crippen molar-refractivity contribution < 1.29 is 13.9 Å². The summed E-state index contributed by atoms with van der Waals surface area (Å²) in [5.74, 6) is 1.31.